The first-order valence-corrected chi connectivity index (χ1v) is 9.54. The van der Waals surface area contributed by atoms with E-state index in [9.17, 15) is 0 Å². The number of fused-ring (bicyclic) bond motifs is 1. The average Bonchev–Trinajstić information content (AvgIpc) is 3.25. The van der Waals surface area contributed by atoms with Gasteiger partial charge in [-0.1, -0.05) is 6.07 Å². The molecule has 2 heterocycles. The minimum Gasteiger partial charge on any atom is -0.334 e. The molecule has 0 saturated carbocycles. The molecule has 5 heteroatoms. The van der Waals surface area contributed by atoms with Crippen molar-refractivity contribution >= 4 is 0 Å². The fraction of sp³-hybridized carbons (Fsp3) is 0.429. The van der Waals surface area contributed by atoms with Crippen molar-refractivity contribution in [1.82, 2.24) is 24.6 Å². The van der Waals surface area contributed by atoms with Crippen LogP contribution in [-0.4, -0.2) is 19.3 Å². The van der Waals surface area contributed by atoms with Crippen molar-refractivity contribution in [3.63, 3.8) is 0 Å². The monoisotopic (exact) mass is 349 g/mol. The Morgan fingerprint density at radius 1 is 1.19 bits per heavy atom. The van der Waals surface area contributed by atoms with Crippen LogP contribution in [0.15, 0.2) is 36.8 Å². The quantitative estimate of drug-likeness (QED) is 0.760. The summed E-state index contributed by atoms with van der Waals surface area (Å²) in [5, 5.41) is 8.44. The fourth-order valence-corrected chi connectivity index (χ4v) is 4.07. The maximum atomic E-state index is 4.74. The first-order chi connectivity index (χ1) is 12.7. The van der Waals surface area contributed by atoms with Crippen LogP contribution in [0, 0.1) is 13.8 Å². The second kappa shape index (κ2) is 7.08. The molecule has 4 rings (SSSR count). The lowest BCUT2D eigenvalue weighted by Gasteiger charge is -2.24. The normalized spacial score (nSPS) is 16.7. The lowest BCUT2D eigenvalue weighted by atomic mass is 9.93. The second-order valence-electron chi connectivity index (χ2n) is 7.26. The number of benzene rings is 1. The number of imidazole rings is 1. The molecule has 1 aromatic carbocycles. The molecule has 0 bridgehead atoms. The summed E-state index contributed by atoms with van der Waals surface area (Å²) < 4.78 is 4.33. The number of aryl methyl sites for hydroxylation is 3. The third-order valence-electron chi connectivity index (χ3n) is 5.28. The van der Waals surface area contributed by atoms with E-state index in [1.807, 2.05) is 12.4 Å². The van der Waals surface area contributed by atoms with Gasteiger partial charge in [-0.25, -0.2) is 9.67 Å². The van der Waals surface area contributed by atoms with Crippen LogP contribution >= 0.6 is 0 Å². The van der Waals surface area contributed by atoms with E-state index in [-0.39, 0.29) is 0 Å². The highest BCUT2D eigenvalue weighted by Crippen LogP contribution is 2.31. The van der Waals surface area contributed by atoms with Crippen LogP contribution in [-0.2, 0) is 19.5 Å². The number of hydrogen-bond acceptors (Lipinski definition) is 3. The molecule has 26 heavy (non-hydrogen) atoms. The smallest absolute Gasteiger partial charge is 0.122 e. The Morgan fingerprint density at radius 2 is 2.00 bits per heavy atom. The number of aromatic nitrogens is 4. The first kappa shape index (κ1) is 17.0. The third kappa shape index (κ3) is 3.19. The Kier molecular flexibility index (Phi) is 4.64. The maximum Gasteiger partial charge on any atom is 0.122 e. The van der Waals surface area contributed by atoms with Crippen molar-refractivity contribution in [1.29, 1.82) is 0 Å². The summed E-state index contributed by atoms with van der Waals surface area (Å²) in [7, 11) is 0. The fourth-order valence-electron chi connectivity index (χ4n) is 4.07. The molecule has 0 spiro atoms. The molecule has 3 aromatic rings. The molecule has 5 nitrogen and oxygen atoms in total. The van der Waals surface area contributed by atoms with E-state index in [0.717, 1.165) is 31.8 Å². The topological polar surface area (TPSA) is 47.7 Å². The van der Waals surface area contributed by atoms with E-state index < -0.39 is 0 Å². The summed E-state index contributed by atoms with van der Waals surface area (Å²) in [5.41, 5.74) is 6.41. The van der Waals surface area contributed by atoms with Gasteiger partial charge in [-0.3, -0.25) is 0 Å². The van der Waals surface area contributed by atoms with Gasteiger partial charge in [0, 0.05) is 36.2 Å². The minimum atomic E-state index is 0.348. The summed E-state index contributed by atoms with van der Waals surface area (Å²) in [6.07, 6.45) is 9.40. The Labute approximate surface area is 155 Å². The van der Waals surface area contributed by atoms with E-state index in [4.69, 9.17) is 5.10 Å². The van der Waals surface area contributed by atoms with Crippen molar-refractivity contribution in [2.45, 2.75) is 59.2 Å². The Morgan fingerprint density at radius 3 is 2.77 bits per heavy atom. The zero-order chi connectivity index (χ0) is 18.1. The van der Waals surface area contributed by atoms with Gasteiger partial charge < -0.3 is 9.88 Å². The molecule has 0 amide bonds. The van der Waals surface area contributed by atoms with Gasteiger partial charge in [-0.05, 0) is 63.3 Å². The Bertz CT molecular complexity index is 885. The molecule has 0 fully saturated rings. The van der Waals surface area contributed by atoms with Crippen LogP contribution in [0.2, 0.25) is 0 Å². The summed E-state index contributed by atoms with van der Waals surface area (Å²) in [6, 6.07) is 6.99. The molecule has 1 aliphatic carbocycles. The molecule has 0 radical (unpaired) electrons. The standard InChI is InChI=1S/C21H27N5/c1-4-25-9-8-22-21(25)14-23-19-6-5-7-20-18(19)13-24-26(20)17-11-15(2)10-16(3)12-17/h8-13,19,23H,4-7,14H2,1-3H3. The van der Waals surface area contributed by atoms with Crippen molar-refractivity contribution in [3.8, 4) is 5.69 Å². The number of nitrogens with zero attached hydrogens (tertiary/aromatic N) is 4. The van der Waals surface area contributed by atoms with Gasteiger partial charge in [0.1, 0.15) is 5.82 Å². The second-order valence-corrected chi connectivity index (χ2v) is 7.26. The summed E-state index contributed by atoms with van der Waals surface area (Å²) in [5.74, 6) is 1.10. The molecule has 1 atom stereocenters. The largest absolute Gasteiger partial charge is 0.334 e. The van der Waals surface area contributed by atoms with Crippen molar-refractivity contribution < 1.29 is 0 Å². The van der Waals surface area contributed by atoms with E-state index in [1.54, 1.807) is 0 Å². The molecule has 0 aliphatic heterocycles. The predicted octanol–water partition coefficient (Wildman–Crippen LogP) is 3.87. The lowest BCUT2D eigenvalue weighted by Crippen LogP contribution is -2.26. The lowest BCUT2D eigenvalue weighted by molar-refractivity contribution is 0.443. The summed E-state index contributed by atoms with van der Waals surface area (Å²) >= 11 is 0. The minimum absolute atomic E-state index is 0.348. The summed E-state index contributed by atoms with van der Waals surface area (Å²) in [4.78, 5) is 4.48. The van der Waals surface area contributed by atoms with Crippen LogP contribution < -0.4 is 5.32 Å². The number of rotatable bonds is 5. The van der Waals surface area contributed by atoms with Crippen LogP contribution in [0.5, 0.6) is 0 Å². The van der Waals surface area contributed by atoms with Crippen LogP contribution in [0.4, 0.5) is 0 Å². The molecule has 0 saturated heterocycles. The molecule has 1 aliphatic rings. The van der Waals surface area contributed by atoms with Crippen molar-refractivity contribution in [2.24, 2.45) is 0 Å². The molecular formula is C21H27N5. The van der Waals surface area contributed by atoms with E-state index in [1.165, 1.54) is 34.5 Å². The Hall–Kier alpha value is -2.40. The summed E-state index contributed by atoms with van der Waals surface area (Å²) in [6.45, 7) is 8.19. The van der Waals surface area contributed by atoms with Gasteiger partial charge in [0.2, 0.25) is 0 Å². The van der Waals surface area contributed by atoms with Crippen molar-refractivity contribution in [3.05, 3.63) is 65.0 Å². The van der Waals surface area contributed by atoms with Crippen molar-refractivity contribution in [2.75, 3.05) is 0 Å². The maximum absolute atomic E-state index is 4.74. The first-order valence-electron chi connectivity index (χ1n) is 9.54. The molecular weight excluding hydrogens is 322 g/mol. The number of nitrogens with one attached hydrogen (secondary N) is 1. The van der Waals surface area contributed by atoms with Crippen LogP contribution in [0.1, 0.15) is 54.0 Å². The van der Waals surface area contributed by atoms with Gasteiger partial charge >= 0.3 is 0 Å². The van der Waals surface area contributed by atoms with E-state index in [0.29, 0.717) is 6.04 Å². The average molecular weight is 349 g/mol. The van der Waals surface area contributed by atoms with E-state index >= 15 is 0 Å². The highest BCUT2D eigenvalue weighted by molar-refractivity contribution is 5.42. The number of hydrogen-bond donors (Lipinski definition) is 1. The zero-order valence-corrected chi connectivity index (χ0v) is 15.9. The molecule has 1 N–H and O–H groups in total. The highest BCUT2D eigenvalue weighted by atomic mass is 15.3. The van der Waals surface area contributed by atoms with Crippen LogP contribution in [0.25, 0.3) is 5.69 Å². The van der Waals surface area contributed by atoms with Crippen LogP contribution in [0.3, 0.4) is 0 Å². The molecule has 1 unspecified atom stereocenters. The van der Waals surface area contributed by atoms with Gasteiger partial charge in [0.05, 0.1) is 18.4 Å². The highest BCUT2D eigenvalue weighted by Gasteiger charge is 2.24. The third-order valence-corrected chi connectivity index (χ3v) is 5.28. The predicted molar refractivity (Wildman–Crippen MR) is 103 cm³/mol. The molecule has 2 aromatic heterocycles. The van der Waals surface area contributed by atoms with Gasteiger partial charge in [0.25, 0.3) is 0 Å². The SMILES string of the molecule is CCn1ccnc1CNC1CCCc2c1cnn2-c1cc(C)cc(C)c1. The molecule has 136 valence electrons. The zero-order valence-electron chi connectivity index (χ0n) is 15.9. The van der Waals surface area contributed by atoms with Gasteiger partial charge in [0.15, 0.2) is 0 Å². The van der Waals surface area contributed by atoms with Gasteiger partial charge in [-0.2, -0.15) is 5.10 Å². The van der Waals surface area contributed by atoms with Gasteiger partial charge in [-0.15, -0.1) is 0 Å². The Balaban J connectivity index is 1.58. The van der Waals surface area contributed by atoms with E-state index in [2.05, 4.69) is 64.7 Å².